The Morgan fingerprint density at radius 1 is 1.50 bits per heavy atom. The fourth-order valence-corrected chi connectivity index (χ4v) is 1.87. The average Bonchev–Trinajstić information content (AvgIpc) is 2.65. The first-order valence-electron chi connectivity index (χ1n) is 5.86. The minimum atomic E-state index is -0.445. The zero-order valence-electron chi connectivity index (χ0n) is 10.7. The van der Waals surface area contributed by atoms with Crippen molar-refractivity contribution in [2.24, 2.45) is 11.7 Å². The van der Waals surface area contributed by atoms with Gasteiger partial charge in [-0.2, -0.15) is 5.10 Å². The molecule has 0 radical (unpaired) electrons. The van der Waals surface area contributed by atoms with E-state index < -0.39 is 6.04 Å². The highest BCUT2D eigenvalue weighted by Gasteiger charge is 2.20. The number of nitrogens with two attached hydrogens (primary N) is 1. The van der Waals surface area contributed by atoms with Gasteiger partial charge in [0, 0.05) is 12.4 Å². The highest BCUT2D eigenvalue weighted by atomic mass is 16.1. The zero-order chi connectivity index (χ0) is 13.3. The van der Waals surface area contributed by atoms with Crippen LogP contribution in [-0.2, 0) is 4.79 Å². The van der Waals surface area contributed by atoms with Gasteiger partial charge >= 0.3 is 0 Å². The number of nitrogens with zero attached hydrogens (tertiary/aromatic N) is 3. The topological polar surface area (TPSA) is 85.3 Å². The van der Waals surface area contributed by atoms with E-state index in [1.54, 1.807) is 16.9 Å². The normalized spacial score (nSPS) is 12.9. The maximum Gasteiger partial charge on any atom is 0.240 e. The van der Waals surface area contributed by atoms with Gasteiger partial charge in [-0.15, -0.1) is 0 Å². The van der Waals surface area contributed by atoms with Crippen LogP contribution in [0.4, 0.5) is 5.82 Å². The molecule has 2 heterocycles. The van der Waals surface area contributed by atoms with Gasteiger partial charge < -0.3 is 11.1 Å². The Morgan fingerprint density at radius 2 is 2.22 bits per heavy atom. The number of rotatable bonds is 4. The van der Waals surface area contributed by atoms with E-state index in [1.807, 2.05) is 26.8 Å². The van der Waals surface area contributed by atoms with E-state index in [-0.39, 0.29) is 11.8 Å². The zero-order valence-corrected chi connectivity index (χ0v) is 10.7. The lowest BCUT2D eigenvalue weighted by atomic mass is 10.0. The van der Waals surface area contributed by atoms with Gasteiger partial charge in [-0.25, -0.2) is 9.50 Å². The van der Waals surface area contributed by atoms with Crippen molar-refractivity contribution in [1.82, 2.24) is 14.6 Å². The quantitative estimate of drug-likeness (QED) is 0.842. The molecule has 0 aliphatic rings. The lowest BCUT2D eigenvalue weighted by molar-refractivity contribution is -0.119. The molecule has 96 valence electrons. The molecule has 6 nitrogen and oxygen atoms in total. The number of hydrogen-bond acceptors (Lipinski definition) is 4. The summed E-state index contributed by atoms with van der Waals surface area (Å²) in [7, 11) is 0. The molecule has 3 N–H and O–H groups in total. The van der Waals surface area contributed by atoms with E-state index in [9.17, 15) is 4.79 Å². The number of primary amides is 1. The van der Waals surface area contributed by atoms with Gasteiger partial charge in [0.15, 0.2) is 5.82 Å². The van der Waals surface area contributed by atoms with Crippen LogP contribution in [0.25, 0.3) is 5.52 Å². The SMILES string of the molecule is Cc1cc2c(NC(C(N)=O)C(C)C)nccn2n1. The van der Waals surface area contributed by atoms with Crippen LogP contribution in [0.5, 0.6) is 0 Å². The number of fused-ring (bicyclic) bond motifs is 1. The van der Waals surface area contributed by atoms with Crippen molar-refractivity contribution in [2.75, 3.05) is 5.32 Å². The number of amides is 1. The first-order chi connectivity index (χ1) is 8.49. The van der Waals surface area contributed by atoms with Gasteiger partial charge in [0.1, 0.15) is 11.6 Å². The second-order valence-corrected chi connectivity index (χ2v) is 4.66. The summed E-state index contributed by atoms with van der Waals surface area (Å²) in [6.45, 7) is 5.78. The third kappa shape index (κ3) is 2.27. The van der Waals surface area contributed by atoms with Gasteiger partial charge in [0.05, 0.1) is 5.69 Å². The highest BCUT2D eigenvalue weighted by molar-refractivity contribution is 5.84. The fourth-order valence-electron chi connectivity index (χ4n) is 1.87. The lowest BCUT2D eigenvalue weighted by Crippen LogP contribution is -2.39. The smallest absolute Gasteiger partial charge is 0.240 e. The van der Waals surface area contributed by atoms with Gasteiger partial charge in [-0.1, -0.05) is 13.8 Å². The monoisotopic (exact) mass is 247 g/mol. The summed E-state index contributed by atoms with van der Waals surface area (Å²) in [5, 5.41) is 7.38. The number of aryl methyl sites for hydroxylation is 1. The summed E-state index contributed by atoms with van der Waals surface area (Å²) in [5.41, 5.74) is 7.11. The van der Waals surface area contributed by atoms with Crippen molar-refractivity contribution in [3.8, 4) is 0 Å². The molecular weight excluding hydrogens is 230 g/mol. The molecule has 0 bridgehead atoms. The first-order valence-corrected chi connectivity index (χ1v) is 5.86. The second-order valence-electron chi connectivity index (χ2n) is 4.66. The Balaban J connectivity index is 2.39. The molecule has 2 aromatic heterocycles. The van der Waals surface area contributed by atoms with E-state index >= 15 is 0 Å². The number of aromatic nitrogens is 3. The molecule has 0 aliphatic carbocycles. The molecular formula is C12H17N5O. The van der Waals surface area contributed by atoms with Crippen molar-refractivity contribution < 1.29 is 4.79 Å². The van der Waals surface area contributed by atoms with Crippen LogP contribution >= 0.6 is 0 Å². The average molecular weight is 247 g/mol. The number of carbonyl (C=O) groups excluding carboxylic acids is 1. The molecule has 0 saturated carbocycles. The maximum atomic E-state index is 11.4. The predicted molar refractivity (Wildman–Crippen MR) is 69.2 cm³/mol. The highest BCUT2D eigenvalue weighted by Crippen LogP contribution is 2.17. The van der Waals surface area contributed by atoms with Crippen LogP contribution in [0.15, 0.2) is 18.5 Å². The standard InChI is InChI=1S/C12H17N5O/c1-7(2)10(11(13)18)15-12-9-6-8(3)16-17(9)5-4-14-12/h4-7,10H,1-3H3,(H2,13,18)(H,14,15). The lowest BCUT2D eigenvalue weighted by Gasteiger charge is -2.19. The van der Waals surface area contributed by atoms with Crippen LogP contribution < -0.4 is 11.1 Å². The molecule has 1 unspecified atom stereocenters. The summed E-state index contributed by atoms with van der Waals surface area (Å²) in [5.74, 6) is 0.328. The largest absolute Gasteiger partial charge is 0.368 e. The summed E-state index contributed by atoms with van der Waals surface area (Å²) in [6, 6.07) is 1.46. The van der Waals surface area contributed by atoms with Crippen LogP contribution in [0.1, 0.15) is 19.5 Å². The summed E-state index contributed by atoms with van der Waals surface area (Å²) < 4.78 is 1.73. The van der Waals surface area contributed by atoms with Gasteiger partial charge in [0.2, 0.25) is 5.91 Å². The molecule has 2 aromatic rings. The van der Waals surface area contributed by atoms with Crippen molar-refractivity contribution >= 4 is 17.2 Å². The van der Waals surface area contributed by atoms with Crippen molar-refractivity contribution in [2.45, 2.75) is 26.8 Å². The number of hydrogen-bond donors (Lipinski definition) is 2. The molecule has 0 spiro atoms. The first kappa shape index (κ1) is 12.3. The van der Waals surface area contributed by atoms with Crippen LogP contribution in [0.2, 0.25) is 0 Å². The Hall–Kier alpha value is -2.11. The van der Waals surface area contributed by atoms with E-state index in [0.717, 1.165) is 11.2 Å². The van der Waals surface area contributed by atoms with E-state index in [2.05, 4.69) is 15.4 Å². The summed E-state index contributed by atoms with van der Waals surface area (Å²) >= 11 is 0. The second kappa shape index (κ2) is 4.64. The van der Waals surface area contributed by atoms with Crippen molar-refractivity contribution in [3.63, 3.8) is 0 Å². The predicted octanol–water partition coefficient (Wildman–Crippen LogP) is 0.960. The Kier molecular flexibility index (Phi) is 3.18. The third-order valence-corrected chi connectivity index (χ3v) is 2.78. The minimum absolute atomic E-state index is 0.0913. The van der Waals surface area contributed by atoms with E-state index in [4.69, 9.17) is 5.73 Å². The number of anilines is 1. The summed E-state index contributed by atoms with van der Waals surface area (Å²) in [4.78, 5) is 15.6. The van der Waals surface area contributed by atoms with E-state index in [1.165, 1.54) is 0 Å². The van der Waals surface area contributed by atoms with Gasteiger partial charge in [-0.05, 0) is 18.9 Å². The third-order valence-electron chi connectivity index (χ3n) is 2.78. The van der Waals surface area contributed by atoms with Crippen LogP contribution in [0.3, 0.4) is 0 Å². The van der Waals surface area contributed by atoms with Gasteiger partial charge in [-0.3, -0.25) is 4.79 Å². The molecule has 0 saturated heterocycles. The molecule has 6 heteroatoms. The molecule has 18 heavy (non-hydrogen) atoms. The summed E-state index contributed by atoms with van der Waals surface area (Å²) in [6.07, 6.45) is 3.41. The Morgan fingerprint density at radius 3 is 2.83 bits per heavy atom. The van der Waals surface area contributed by atoms with Crippen LogP contribution in [-0.4, -0.2) is 26.5 Å². The van der Waals surface area contributed by atoms with Gasteiger partial charge in [0.25, 0.3) is 0 Å². The molecule has 1 amide bonds. The number of nitrogens with one attached hydrogen (secondary N) is 1. The fraction of sp³-hybridized carbons (Fsp3) is 0.417. The molecule has 1 atom stereocenters. The van der Waals surface area contributed by atoms with Crippen molar-refractivity contribution in [1.29, 1.82) is 0 Å². The molecule has 0 fully saturated rings. The number of carbonyl (C=O) groups is 1. The Bertz CT molecular complexity index is 575. The van der Waals surface area contributed by atoms with Crippen molar-refractivity contribution in [3.05, 3.63) is 24.2 Å². The molecule has 2 rings (SSSR count). The Labute approximate surface area is 105 Å². The van der Waals surface area contributed by atoms with Crippen LogP contribution in [0, 0.1) is 12.8 Å². The maximum absolute atomic E-state index is 11.4. The van der Waals surface area contributed by atoms with E-state index in [0.29, 0.717) is 5.82 Å². The molecule has 0 aliphatic heterocycles. The molecule has 0 aromatic carbocycles. The minimum Gasteiger partial charge on any atom is -0.368 e.